The number of carbonyl (C=O) groups is 1. The van der Waals surface area contributed by atoms with E-state index in [1.54, 1.807) is 0 Å². The van der Waals surface area contributed by atoms with E-state index < -0.39 is 0 Å². The van der Waals surface area contributed by atoms with Gasteiger partial charge in [0.1, 0.15) is 0 Å². The Kier molecular flexibility index (Phi) is 6.13. The minimum absolute atomic E-state index is 0.194. The number of nitrogens with two attached hydrogens (primary N) is 1. The molecule has 2 aliphatic rings. The van der Waals surface area contributed by atoms with Gasteiger partial charge in [-0.1, -0.05) is 38.1 Å². The van der Waals surface area contributed by atoms with Gasteiger partial charge in [-0.05, 0) is 55.2 Å². The summed E-state index contributed by atoms with van der Waals surface area (Å²) in [6.07, 6.45) is 4.13. The van der Waals surface area contributed by atoms with Crippen LogP contribution in [0.15, 0.2) is 24.3 Å². The second-order valence-corrected chi connectivity index (χ2v) is 7.81. The van der Waals surface area contributed by atoms with Crippen molar-refractivity contribution in [2.45, 2.75) is 57.5 Å². The van der Waals surface area contributed by atoms with Gasteiger partial charge in [-0.25, -0.2) is 0 Å². The highest BCUT2D eigenvalue weighted by molar-refractivity contribution is 5.83. The van der Waals surface area contributed by atoms with E-state index in [-0.39, 0.29) is 5.92 Å². The van der Waals surface area contributed by atoms with Crippen LogP contribution in [-0.4, -0.2) is 43.2 Å². The smallest absolute Gasteiger partial charge is 0.226 e. The zero-order chi connectivity index (χ0) is 17.8. The highest BCUT2D eigenvalue weighted by Crippen LogP contribution is 2.48. The van der Waals surface area contributed by atoms with Gasteiger partial charge in [0.25, 0.3) is 0 Å². The first-order valence-corrected chi connectivity index (χ1v) is 9.80. The lowest BCUT2D eigenvalue weighted by atomic mass is 9.99. The van der Waals surface area contributed by atoms with Gasteiger partial charge in [0.2, 0.25) is 5.91 Å². The molecule has 1 heterocycles. The molecule has 2 fully saturated rings. The van der Waals surface area contributed by atoms with Crippen molar-refractivity contribution in [3.63, 3.8) is 0 Å². The molecule has 25 heavy (non-hydrogen) atoms. The first-order valence-electron chi connectivity index (χ1n) is 9.80. The molecule has 4 heteroatoms. The van der Waals surface area contributed by atoms with Crippen LogP contribution in [-0.2, 0) is 9.53 Å². The van der Waals surface area contributed by atoms with Crippen LogP contribution >= 0.6 is 0 Å². The number of benzene rings is 1. The van der Waals surface area contributed by atoms with E-state index in [1.165, 1.54) is 11.1 Å². The molecule has 0 aromatic heterocycles. The van der Waals surface area contributed by atoms with Gasteiger partial charge in [-0.2, -0.15) is 0 Å². The number of rotatable bonds is 7. The Morgan fingerprint density at radius 1 is 1.24 bits per heavy atom. The standard InChI is InChI=1S/C21H32N2O2/c1-15(2)16-4-6-17(7-5-16)19-14-20(19)21(24)23-11-8-18(9-12-23)25-13-3-10-22/h4-7,15,18-20H,3,8-14,22H2,1-2H3. The van der Waals surface area contributed by atoms with Gasteiger partial charge in [0.15, 0.2) is 0 Å². The fourth-order valence-corrected chi connectivity index (χ4v) is 3.78. The molecule has 0 spiro atoms. The Morgan fingerprint density at radius 3 is 2.52 bits per heavy atom. The highest BCUT2D eigenvalue weighted by Gasteiger charge is 2.46. The maximum absolute atomic E-state index is 12.8. The lowest BCUT2D eigenvalue weighted by Crippen LogP contribution is -2.42. The van der Waals surface area contributed by atoms with Gasteiger partial charge >= 0.3 is 0 Å². The molecule has 2 atom stereocenters. The van der Waals surface area contributed by atoms with E-state index in [2.05, 4.69) is 43.0 Å². The Bertz CT molecular complexity index is 562. The van der Waals surface area contributed by atoms with Crippen LogP contribution in [0.5, 0.6) is 0 Å². The molecule has 1 saturated carbocycles. The first kappa shape index (κ1) is 18.4. The largest absolute Gasteiger partial charge is 0.378 e. The average molecular weight is 344 g/mol. The van der Waals surface area contributed by atoms with E-state index in [0.717, 1.165) is 45.4 Å². The molecular weight excluding hydrogens is 312 g/mol. The van der Waals surface area contributed by atoms with E-state index in [9.17, 15) is 4.79 Å². The molecule has 4 nitrogen and oxygen atoms in total. The van der Waals surface area contributed by atoms with Crippen molar-refractivity contribution in [1.82, 2.24) is 4.90 Å². The minimum Gasteiger partial charge on any atom is -0.378 e. The molecule has 1 aliphatic carbocycles. The number of nitrogens with zero attached hydrogens (tertiary/aromatic N) is 1. The summed E-state index contributed by atoms with van der Waals surface area (Å²) in [5, 5.41) is 0. The molecule has 2 N–H and O–H groups in total. The van der Waals surface area contributed by atoms with Gasteiger partial charge in [-0.15, -0.1) is 0 Å². The lowest BCUT2D eigenvalue weighted by molar-refractivity contribution is -0.135. The lowest BCUT2D eigenvalue weighted by Gasteiger charge is -2.32. The van der Waals surface area contributed by atoms with Crippen molar-refractivity contribution >= 4 is 5.91 Å². The van der Waals surface area contributed by atoms with Gasteiger partial charge in [0.05, 0.1) is 6.10 Å². The summed E-state index contributed by atoms with van der Waals surface area (Å²) in [7, 11) is 0. The quantitative estimate of drug-likeness (QED) is 0.772. The predicted molar refractivity (Wildman–Crippen MR) is 101 cm³/mol. The third-order valence-electron chi connectivity index (χ3n) is 5.59. The van der Waals surface area contributed by atoms with Crippen molar-refractivity contribution < 1.29 is 9.53 Å². The van der Waals surface area contributed by atoms with Crippen molar-refractivity contribution in [3.05, 3.63) is 35.4 Å². The topological polar surface area (TPSA) is 55.6 Å². The number of hydrogen-bond donors (Lipinski definition) is 1. The molecule has 2 unspecified atom stereocenters. The molecule has 0 bridgehead atoms. The van der Waals surface area contributed by atoms with Crippen LogP contribution < -0.4 is 5.73 Å². The maximum Gasteiger partial charge on any atom is 0.226 e. The Labute approximate surface area is 151 Å². The van der Waals surface area contributed by atoms with Gasteiger partial charge < -0.3 is 15.4 Å². The van der Waals surface area contributed by atoms with Crippen LogP contribution in [0.3, 0.4) is 0 Å². The SMILES string of the molecule is CC(C)c1ccc(C2CC2C(=O)N2CCC(OCCCN)CC2)cc1. The third-order valence-corrected chi connectivity index (χ3v) is 5.59. The van der Waals surface area contributed by atoms with Gasteiger partial charge in [-0.3, -0.25) is 4.79 Å². The Hall–Kier alpha value is -1.39. The number of piperidine rings is 1. The van der Waals surface area contributed by atoms with Crippen LogP contribution in [0.25, 0.3) is 0 Å². The molecule has 1 aromatic rings. The van der Waals surface area contributed by atoms with Gasteiger partial charge in [0, 0.05) is 25.6 Å². The fourth-order valence-electron chi connectivity index (χ4n) is 3.78. The molecule has 1 aliphatic heterocycles. The predicted octanol–water partition coefficient (Wildman–Crippen LogP) is 3.27. The van der Waals surface area contributed by atoms with Crippen LogP contribution in [0.1, 0.15) is 62.5 Å². The summed E-state index contributed by atoms with van der Waals surface area (Å²) in [6.45, 7) is 7.51. The molecule has 138 valence electrons. The second kappa shape index (κ2) is 8.33. The average Bonchev–Trinajstić information content (AvgIpc) is 3.43. The minimum atomic E-state index is 0.194. The number of ether oxygens (including phenoxy) is 1. The number of likely N-dealkylation sites (tertiary alicyclic amines) is 1. The summed E-state index contributed by atoms with van der Waals surface area (Å²) < 4.78 is 5.83. The summed E-state index contributed by atoms with van der Waals surface area (Å²) >= 11 is 0. The molecule has 3 rings (SSSR count). The van der Waals surface area contributed by atoms with Crippen LogP contribution in [0, 0.1) is 5.92 Å². The van der Waals surface area contributed by atoms with Crippen molar-refractivity contribution in [3.8, 4) is 0 Å². The van der Waals surface area contributed by atoms with E-state index in [4.69, 9.17) is 10.5 Å². The number of amides is 1. The van der Waals surface area contributed by atoms with E-state index in [0.29, 0.717) is 30.4 Å². The molecule has 1 saturated heterocycles. The molecule has 1 amide bonds. The summed E-state index contributed by atoms with van der Waals surface area (Å²) in [5.41, 5.74) is 8.18. The monoisotopic (exact) mass is 344 g/mol. The normalized spacial score (nSPS) is 23.9. The van der Waals surface area contributed by atoms with E-state index >= 15 is 0 Å². The summed E-state index contributed by atoms with van der Waals surface area (Å²) in [4.78, 5) is 14.8. The number of carbonyl (C=O) groups excluding carboxylic acids is 1. The van der Waals surface area contributed by atoms with Crippen LogP contribution in [0.4, 0.5) is 0 Å². The molecular formula is C21H32N2O2. The zero-order valence-corrected chi connectivity index (χ0v) is 15.6. The highest BCUT2D eigenvalue weighted by atomic mass is 16.5. The Morgan fingerprint density at radius 2 is 1.92 bits per heavy atom. The zero-order valence-electron chi connectivity index (χ0n) is 15.6. The third kappa shape index (κ3) is 4.62. The van der Waals surface area contributed by atoms with Crippen LogP contribution in [0.2, 0.25) is 0 Å². The van der Waals surface area contributed by atoms with E-state index in [1.807, 2.05) is 0 Å². The fraction of sp³-hybridized carbons (Fsp3) is 0.667. The number of hydrogen-bond acceptors (Lipinski definition) is 3. The Balaban J connectivity index is 1.46. The van der Waals surface area contributed by atoms with Crippen molar-refractivity contribution in [2.24, 2.45) is 11.7 Å². The van der Waals surface area contributed by atoms with Crippen molar-refractivity contribution in [2.75, 3.05) is 26.2 Å². The van der Waals surface area contributed by atoms with Crippen molar-refractivity contribution in [1.29, 1.82) is 0 Å². The summed E-state index contributed by atoms with van der Waals surface area (Å²) in [5.74, 6) is 1.52. The summed E-state index contributed by atoms with van der Waals surface area (Å²) in [6, 6.07) is 8.85. The molecule has 0 radical (unpaired) electrons. The second-order valence-electron chi connectivity index (χ2n) is 7.81. The first-order chi connectivity index (χ1) is 12.1. The molecule has 1 aromatic carbocycles. The maximum atomic E-state index is 12.8.